The van der Waals surface area contributed by atoms with Crippen LogP contribution in [0, 0.1) is 5.82 Å². The maximum atomic E-state index is 13.6. The zero-order valence-electron chi connectivity index (χ0n) is 13.6. The molecule has 0 saturated carbocycles. The number of nitrogens with one attached hydrogen (secondary N) is 1. The Hall–Kier alpha value is -2.67. The van der Waals surface area contributed by atoms with Crippen LogP contribution in [0.25, 0.3) is 5.69 Å². The Kier molecular flexibility index (Phi) is 5.45. The van der Waals surface area contributed by atoms with E-state index in [0.717, 1.165) is 12.1 Å². The van der Waals surface area contributed by atoms with Gasteiger partial charge in [-0.15, -0.1) is 10.2 Å². The molecule has 0 bridgehead atoms. The molecule has 7 heteroatoms. The standard InChI is InChI=1S/C18H17FN4OS/c1-2-13-7-3-6-10-16(13)23-12-20-22-18(23)25-11-17(24)21-15-9-5-4-8-14(15)19/h3-10,12H,2,11H2,1H3,(H,21,24). The van der Waals surface area contributed by atoms with E-state index in [2.05, 4.69) is 28.5 Å². The first kappa shape index (κ1) is 17.2. The first-order valence-corrected chi connectivity index (χ1v) is 8.83. The second kappa shape index (κ2) is 7.94. The number of carbonyl (C=O) groups excluding carboxylic acids is 1. The first-order valence-electron chi connectivity index (χ1n) is 7.84. The minimum atomic E-state index is -0.458. The second-order valence-corrected chi connectivity index (χ2v) is 6.22. The molecule has 1 aromatic heterocycles. The monoisotopic (exact) mass is 356 g/mol. The summed E-state index contributed by atoms with van der Waals surface area (Å²) in [4.78, 5) is 12.1. The minimum Gasteiger partial charge on any atom is -0.323 e. The number of nitrogens with zero attached hydrogens (tertiary/aromatic N) is 3. The topological polar surface area (TPSA) is 59.8 Å². The Morgan fingerprint density at radius 3 is 2.76 bits per heavy atom. The van der Waals surface area contributed by atoms with Gasteiger partial charge in [-0.25, -0.2) is 4.39 Å². The third kappa shape index (κ3) is 4.06. The molecule has 0 aliphatic carbocycles. The van der Waals surface area contributed by atoms with Crippen molar-refractivity contribution in [3.05, 3.63) is 66.2 Å². The van der Waals surface area contributed by atoms with Gasteiger partial charge in [0.05, 0.1) is 17.1 Å². The fourth-order valence-corrected chi connectivity index (χ4v) is 3.13. The van der Waals surface area contributed by atoms with E-state index in [4.69, 9.17) is 0 Å². The molecule has 128 valence electrons. The van der Waals surface area contributed by atoms with Gasteiger partial charge in [0.1, 0.15) is 12.1 Å². The second-order valence-electron chi connectivity index (χ2n) is 5.28. The molecule has 25 heavy (non-hydrogen) atoms. The number of amides is 1. The van der Waals surface area contributed by atoms with Gasteiger partial charge in [0.15, 0.2) is 5.16 Å². The van der Waals surface area contributed by atoms with Gasteiger partial charge >= 0.3 is 0 Å². The predicted octanol–water partition coefficient (Wildman–Crippen LogP) is 3.70. The summed E-state index contributed by atoms with van der Waals surface area (Å²) in [6, 6.07) is 14.1. The fraction of sp³-hybridized carbons (Fsp3) is 0.167. The largest absolute Gasteiger partial charge is 0.323 e. The highest BCUT2D eigenvalue weighted by molar-refractivity contribution is 7.99. The van der Waals surface area contributed by atoms with Crippen molar-refractivity contribution in [2.75, 3.05) is 11.1 Å². The zero-order chi connectivity index (χ0) is 17.6. The normalized spacial score (nSPS) is 10.6. The van der Waals surface area contributed by atoms with E-state index < -0.39 is 5.82 Å². The van der Waals surface area contributed by atoms with Crippen LogP contribution in [-0.4, -0.2) is 26.4 Å². The number of aromatic nitrogens is 3. The van der Waals surface area contributed by atoms with Crippen LogP contribution in [0.5, 0.6) is 0 Å². The zero-order valence-corrected chi connectivity index (χ0v) is 14.5. The van der Waals surface area contributed by atoms with Crippen molar-refractivity contribution >= 4 is 23.4 Å². The van der Waals surface area contributed by atoms with Crippen LogP contribution in [0.1, 0.15) is 12.5 Å². The number of rotatable bonds is 6. The van der Waals surface area contributed by atoms with Crippen molar-refractivity contribution in [2.45, 2.75) is 18.5 Å². The Labute approximate surface area is 149 Å². The molecule has 3 rings (SSSR count). The van der Waals surface area contributed by atoms with Gasteiger partial charge < -0.3 is 5.32 Å². The van der Waals surface area contributed by atoms with Crippen LogP contribution < -0.4 is 5.32 Å². The Balaban J connectivity index is 1.70. The summed E-state index contributed by atoms with van der Waals surface area (Å²) in [6.45, 7) is 2.08. The van der Waals surface area contributed by atoms with E-state index in [9.17, 15) is 9.18 Å². The smallest absolute Gasteiger partial charge is 0.234 e. The summed E-state index contributed by atoms with van der Waals surface area (Å²) in [5, 5.41) is 11.2. The van der Waals surface area contributed by atoms with Crippen LogP contribution in [0.4, 0.5) is 10.1 Å². The van der Waals surface area contributed by atoms with Crippen molar-refractivity contribution in [3.8, 4) is 5.69 Å². The number of hydrogen-bond acceptors (Lipinski definition) is 4. The molecule has 0 saturated heterocycles. The summed E-state index contributed by atoms with van der Waals surface area (Å²) >= 11 is 1.26. The highest BCUT2D eigenvalue weighted by atomic mass is 32.2. The quantitative estimate of drug-likeness (QED) is 0.684. The van der Waals surface area contributed by atoms with E-state index >= 15 is 0 Å². The van der Waals surface area contributed by atoms with Crippen molar-refractivity contribution in [1.82, 2.24) is 14.8 Å². The molecule has 0 spiro atoms. The van der Waals surface area contributed by atoms with Crippen molar-refractivity contribution in [1.29, 1.82) is 0 Å². The predicted molar refractivity (Wildman–Crippen MR) is 96.5 cm³/mol. The lowest BCUT2D eigenvalue weighted by atomic mass is 10.1. The van der Waals surface area contributed by atoms with E-state index in [1.165, 1.54) is 29.5 Å². The Morgan fingerprint density at radius 2 is 1.96 bits per heavy atom. The number of anilines is 1. The van der Waals surface area contributed by atoms with Gasteiger partial charge in [0, 0.05) is 0 Å². The lowest BCUT2D eigenvalue weighted by Gasteiger charge is -2.10. The van der Waals surface area contributed by atoms with Gasteiger partial charge in [0.2, 0.25) is 5.91 Å². The molecule has 3 aromatic rings. The molecule has 5 nitrogen and oxygen atoms in total. The first-order chi connectivity index (χ1) is 12.2. The van der Waals surface area contributed by atoms with Crippen molar-refractivity contribution in [2.24, 2.45) is 0 Å². The number of benzene rings is 2. The lowest BCUT2D eigenvalue weighted by molar-refractivity contribution is -0.113. The fourth-order valence-electron chi connectivity index (χ4n) is 2.41. The maximum Gasteiger partial charge on any atom is 0.234 e. The van der Waals surface area contributed by atoms with Crippen molar-refractivity contribution < 1.29 is 9.18 Å². The van der Waals surface area contributed by atoms with E-state index in [-0.39, 0.29) is 17.3 Å². The van der Waals surface area contributed by atoms with Gasteiger partial charge in [-0.05, 0) is 30.2 Å². The van der Waals surface area contributed by atoms with E-state index in [1.54, 1.807) is 18.5 Å². The molecule has 0 fully saturated rings. The molecule has 0 radical (unpaired) electrons. The third-order valence-electron chi connectivity index (χ3n) is 3.63. The van der Waals surface area contributed by atoms with Crippen molar-refractivity contribution in [3.63, 3.8) is 0 Å². The van der Waals surface area contributed by atoms with Gasteiger partial charge in [-0.1, -0.05) is 49.0 Å². The molecular formula is C18H17FN4OS. The van der Waals surface area contributed by atoms with E-state index in [0.29, 0.717) is 5.16 Å². The molecule has 0 atom stereocenters. The van der Waals surface area contributed by atoms with Gasteiger partial charge in [-0.3, -0.25) is 9.36 Å². The molecule has 1 heterocycles. The maximum absolute atomic E-state index is 13.6. The average Bonchev–Trinajstić information content (AvgIpc) is 3.10. The van der Waals surface area contributed by atoms with Gasteiger partial charge in [-0.2, -0.15) is 0 Å². The molecule has 0 aliphatic heterocycles. The number of aryl methyl sites for hydroxylation is 1. The summed E-state index contributed by atoms with van der Waals surface area (Å²) in [6.07, 6.45) is 2.51. The minimum absolute atomic E-state index is 0.112. The summed E-state index contributed by atoms with van der Waals surface area (Å²) in [7, 11) is 0. The SMILES string of the molecule is CCc1ccccc1-n1cnnc1SCC(=O)Nc1ccccc1F. The molecule has 0 aliphatic rings. The van der Waals surface area contributed by atoms with E-state index in [1.807, 2.05) is 22.8 Å². The molecule has 2 aromatic carbocycles. The number of para-hydroxylation sites is 2. The highest BCUT2D eigenvalue weighted by Crippen LogP contribution is 2.23. The van der Waals surface area contributed by atoms with Crippen LogP contribution in [0.15, 0.2) is 60.0 Å². The van der Waals surface area contributed by atoms with Gasteiger partial charge in [0.25, 0.3) is 0 Å². The lowest BCUT2D eigenvalue weighted by Crippen LogP contribution is -2.15. The Bertz CT molecular complexity index is 881. The summed E-state index contributed by atoms with van der Waals surface area (Å²) < 4.78 is 15.4. The Morgan fingerprint density at radius 1 is 1.20 bits per heavy atom. The summed E-state index contributed by atoms with van der Waals surface area (Å²) in [5.74, 6) is -0.643. The molecule has 1 amide bonds. The highest BCUT2D eigenvalue weighted by Gasteiger charge is 2.13. The summed E-state index contributed by atoms with van der Waals surface area (Å²) in [5.41, 5.74) is 2.33. The van der Waals surface area contributed by atoms with Crippen LogP contribution in [0.2, 0.25) is 0 Å². The van der Waals surface area contributed by atoms with Crippen LogP contribution in [-0.2, 0) is 11.2 Å². The molecule has 0 unspecified atom stereocenters. The number of halogens is 1. The third-order valence-corrected chi connectivity index (χ3v) is 4.57. The van der Waals surface area contributed by atoms with Crippen LogP contribution >= 0.6 is 11.8 Å². The number of thioether (sulfide) groups is 1. The molecular weight excluding hydrogens is 339 g/mol. The molecule has 1 N–H and O–H groups in total. The number of carbonyl (C=O) groups is 1. The average molecular weight is 356 g/mol. The van der Waals surface area contributed by atoms with Crippen LogP contribution in [0.3, 0.4) is 0 Å². The number of hydrogen-bond donors (Lipinski definition) is 1.